The van der Waals surface area contributed by atoms with Crippen molar-refractivity contribution in [2.75, 3.05) is 0 Å². The molecule has 1 aliphatic rings. The molecular weight excluding hydrogens is 268 g/mol. The van der Waals surface area contributed by atoms with E-state index in [1.807, 2.05) is 13.0 Å². The molecule has 0 atom stereocenters. The van der Waals surface area contributed by atoms with Gasteiger partial charge in [0.05, 0.1) is 0 Å². The third kappa shape index (κ3) is 2.01. The van der Waals surface area contributed by atoms with Gasteiger partial charge in [-0.3, -0.25) is 0 Å². The zero-order valence-electron chi connectivity index (χ0n) is 12.9. The molecule has 0 bridgehead atoms. The second-order valence-electron chi connectivity index (χ2n) is 6.23. The van der Waals surface area contributed by atoms with Crippen LogP contribution in [0.4, 0.5) is 0 Å². The lowest BCUT2D eigenvalue weighted by molar-refractivity contribution is 0.475. The Morgan fingerprint density at radius 2 is 1.64 bits per heavy atom. The first-order valence-electron chi connectivity index (χ1n) is 7.64. The monoisotopic (exact) mass is 286 g/mol. The molecule has 0 saturated heterocycles. The lowest BCUT2D eigenvalue weighted by Crippen LogP contribution is -1.87. The van der Waals surface area contributed by atoms with E-state index in [1.54, 1.807) is 6.07 Å². The summed E-state index contributed by atoms with van der Waals surface area (Å²) in [5.74, 6) is 0.329. The minimum absolute atomic E-state index is 0.329. The molecule has 3 aromatic rings. The fourth-order valence-corrected chi connectivity index (χ4v) is 3.51. The second kappa shape index (κ2) is 4.74. The summed E-state index contributed by atoms with van der Waals surface area (Å²) >= 11 is 0. The standard InChI is InChI=1S/C21H18O/c1-13-6-7-15-11-16-4-3-5-19(21(16)20(15)10-13)17-8-14(2)9-18(22)12-17/h3-10,12,22H,11H2,1-2H3. The number of hydrogen-bond acceptors (Lipinski definition) is 1. The molecule has 0 aliphatic heterocycles. The summed E-state index contributed by atoms with van der Waals surface area (Å²) in [7, 11) is 0. The Morgan fingerprint density at radius 3 is 2.45 bits per heavy atom. The van der Waals surface area contributed by atoms with Gasteiger partial charge >= 0.3 is 0 Å². The average molecular weight is 286 g/mol. The molecule has 4 rings (SSSR count). The molecule has 1 nitrogen and oxygen atoms in total. The van der Waals surface area contributed by atoms with E-state index in [9.17, 15) is 5.11 Å². The third-order valence-corrected chi connectivity index (χ3v) is 4.44. The molecule has 108 valence electrons. The number of rotatable bonds is 1. The van der Waals surface area contributed by atoms with Crippen molar-refractivity contribution in [2.24, 2.45) is 0 Å². The highest BCUT2D eigenvalue weighted by atomic mass is 16.3. The molecule has 0 saturated carbocycles. The maximum Gasteiger partial charge on any atom is 0.116 e. The van der Waals surface area contributed by atoms with E-state index in [1.165, 1.54) is 33.4 Å². The van der Waals surface area contributed by atoms with E-state index in [0.717, 1.165) is 17.5 Å². The largest absolute Gasteiger partial charge is 0.508 e. The topological polar surface area (TPSA) is 20.2 Å². The molecule has 0 radical (unpaired) electrons. The van der Waals surface area contributed by atoms with Crippen LogP contribution in [0.15, 0.2) is 54.6 Å². The summed E-state index contributed by atoms with van der Waals surface area (Å²) in [6, 6.07) is 19.0. The maximum atomic E-state index is 9.94. The van der Waals surface area contributed by atoms with Gasteiger partial charge in [-0.25, -0.2) is 0 Å². The molecule has 1 heteroatoms. The normalized spacial score (nSPS) is 12.1. The second-order valence-corrected chi connectivity index (χ2v) is 6.23. The first-order chi connectivity index (χ1) is 10.6. The summed E-state index contributed by atoms with van der Waals surface area (Å²) in [6.07, 6.45) is 0.997. The first kappa shape index (κ1) is 13.1. The number of phenolic OH excluding ortho intramolecular Hbond substituents is 1. The number of benzene rings is 3. The fourth-order valence-electron chi connectivity index (χ4n) is 3.51. The highest BCUT2D eigenvalue weighted by Gasteiger charge is 2.22. The SMILES string of the molecule is Cc1cc(O)cc(-c2cccc3c2-c2cc(C)ccc2C3)c1. The van der Waals surface area contributed by atoms with Gasteiger partial charge in [-0.05, 0) is 71.3 Å². The summed E-state index contributed by atoms with van der Waals surface area (Å²) in [5.41, 5.74) is 10.1. The first-order valence-corrected chi connectivity index (χ1v) is 7.64. The van der Waals surface area contributed by atoms with Crippen molar-refractivity contribution in [3.05, 3.63) is 76.9 Å². The van der Waals surface area contributed by atoms with Gasteiger partial charge in [0.15, 0.2) is 0 Å². The van der Waals surface area contributed by atoms with E-state index < -0.39 is 0 Å². The zero-order chi connectivity index (χ0) is 15.3. The molecule has 0 fully saturated rings. The van der Waals surface area contributed by atoms with Gasteiger partial charge in [0.25, 0.3) is 0 Å². The Balaban J connectivity index is 2.00. The number of aromatic hydroxyl groups is 1. The smallest absolute Gasteiger partial charge is 0.116 e. The van der Waals surface area contributed by atoms with Crippen molar-refractivity contribution in [1.82, 2.24) is 0 Å². The van der Waals surface area contributed by atoms with E-state index in [2.05, 4.69) is 49.4 Å². The molecular formula is C21H18O. The Bertz CT molecular complexity index is 870. The van der Waals surface area contributed by atoms with Crippen molar-refractivity contribution in [3.63, 3.8) is 0 Å². The Kier molecular flexibility index (Phi) is 2.83. The van der Waals surface area contributed by atoms with Gasteiger partial charge in [0, 0.05) is 0 Å². The predicted octanol–water partition coefficient (Wildman–Crippen LogP) is 5.25. The summed E-state index contributed by atoms with van der Waals surface area (Å²) in [6.45, 7) is 4.16. The Hall–Kier alpha value is -2.54. The van der Waals surface area contributed by atoms with Crippen molar-refractivity contribution < 1.29 is 5.11 Å². The quantitative estimate of drug-likeness (QED) is 0.507. The van der Waals surface area contributed by atoms with Crippen LogP contribution in [0.3, 0.4) is 0 Å². The molecule has 22 heavy (non-hydrogen) atoms. The average Bonchev–Trinajstić information content (AvgIpc) is 2.84. The van der Waals surface area contributed by atoms with E-state index in [4.69, 9.17) is 0 Å². The van der Waals surface area contributed by atoms with Gasteiger partial charge in [0.1, 0.15) is 5.75 Å². The predicted molar refractivity (Wildman–Crippen MR) is 91.3 cm³/mol. The van der Waals surface area contributed by atoms with Crippen molar-refractivity contribution in [3.8, 4) is 28.0 Å². The van der Waals surface area contributed by atoms with Gasteiger partial charge in [-0.2, -0.15) is 0 Å². The van der Waals surface area contributed by atoms with E-state index in [0.29, 0.717) is 5.75 Å². The van der Waals surface area contributed by atoms with Crippen LogP contribution >= 0.6 is 0 Å². The van der Waals surface area contributed by atoms with Gasteiger partial charge in [-0.1, -0.05) is 48.0 Å². The number of fused-ring (bicyclic) bond motifs is 3. The minimum Gasteiger partial charge on any atom is -0.508 e. The van der Waals surface area contributed by atoms with Crippen molar-refractivity contribution in [1.29, 1.82) is 0 Å². The van der Waals surface area contributed by atoms with Gasteiger partial charge < -0.3 is 5.11 Å². The fraction of sp³-hybridized carbons (Fsp3) is 0.143. The van der Waals surface area contributed by atoms with Crippen molar-refractivity contribution in [2.45, 2.75) is 20.3 Å². The molecule has 3 aromatic carbocycles. The summed E-state index contributed by atoms with van der Waals surface area (Å²) in [4.78, 5) is 0. The molecule has 0 aromatic heterocycles. The Labute approximate surface area is 130 Å². The molecule has 0 amide bonds. The lowest BCUT2D eigenvalue weighted by Gasteiger charge is -2.12. The Morgan fingerprint density at radius 1 is 0.773 bits per heavy atom. The van der Waals surface area contributed by atoms with E-state index in [-0.39, 0.29) is 0 Å². The van der Waals surface area contributed by atoms with Crippen molar-refractivity contribution >= 4 is 0 Å². The van der Waals surface area contributed by atoms with Crippen LogP contribution in [-0.2, 0) is 6.42 Å². The number of hydrogen-bond donors (Lipinski definition) is 1. The highest BCUT2D eigenvalue weighted by molar-refractivity contribution is 5.90. The van der Waals surface area contributed by atoms with Crippen LogP contribution in [0.2, 0.25) is 0 Å². The summed E-state index contributed by atoms with van der Waals surface area (Å²) < 4.78 is 0. The highest BCUT2D eigenvalue weighted by Crippen LogP contribution is 2.43. The third-order valence-electron chi connectivity index (χ3n) is 4.44. The van der Waals surface area contributed by atoms with Crippen LogP contribution < -0.4 is 0 Å². The van der Waals surface area contributed by atoms with Gasteiger partial charge in [0.2, 0.25) is 0 Å². The van der Waals surface area contributed by atoms with Crippen LogP contribution in [0.5, 0.6) is 5.75 Å². The molecule has 0 unspecified atom stereocenters. The minimum atomic E-state index is 0.329. The van der Waals surface area contributed by atoms with Crippen LogP contribution in [0, 0.1) is 13.8 Å². The van der Waals surface area contributed by atoms with Gasteiger partial charge in [-0.15, -0.1) is 0 Å². The van der Waals surface area contributed by atoms with E-state index >= 15 is 0 Å². The number of phenols is 1. The van der Waals surface area contributed by atoms with Crippen LogP contribution in [0.1, 0.15) is 22.3 Å². The van der Waals surface area contributed by atoms with Crippen LogP contribution in [-0.4, -0.2) is 5.11 Å². The lowest BCUT2D eigenvalue weighted by atomic mass is 9.93. The maximum absolute atomic E-state index is 9.94. The molecule has 0 heterocycles. The number of aryl methyl sites for hydroxylation is 2. The summed E-state index contributed by atoms with van der Waals surface area (Å²) in [5, 5.41) is 9.94. The van der Waals surface area contributed by atoms with Crippen LogP contribution in [0.25, 0.3) is 22.3 Å². The molecule has 0 spiro atoms. The molecule has 1 N–H and O–H groups in total. The zero-order valence-corrected chi connectivity index (χ0v) is 12.9. The molecule has 1 aliphatic carbocycles.